The second-order valence-electron chi connectivity index (χ2n) is 12.7. The molecule has 7 rings (SSSR count). The zero-order valence-electron chi connectivity index (χ0n) is 25.7. The van der Waals surface area contributed by atoms with E-state index in [9.17, 15) is 14.4 Å². The third-order valence-electron chi connectivity index (χ3n) is 9.96. The monoisotopic (exact) mass is 615 g/mol. The molecule has 0 radical (unpaired) electrons. The zero-order chi connectivity index (χ0) is 31.0. The van der Waals surface area contributed by atoms with Crippen LogP contribution in [0.1, 0.15) is 42.4 Å². The van der Waals surface area contributed by atoms with Crippen LogP contribution in [0, 0.1) is 6.92 Å². The average molecular weight is 616 g/mol. The lowest BCUT2D eigenvalue weighted by atomic mass is 9.82. The van der Waals surface area contributed by atoms with E-state index in [0.717, 1.165) is 72.3 Å². The minimum absolute atomic E-state index is 0.151. The zero-order valence-corrected chi connectivity index (χ0v) is 25.7. The van der Waals surface area contributed by atoms with E-state index in [1.807, 2.05) is 48.2 Å². The Morgan fingerprint density at radius 3 is 2.58 bits per heavy atom. The van der Waals surface area contributed by atoms with Crippen molar-refractivity contribution in [2.24, 2.45) is 0 Å². The molecule has 12 heteroatoms. The highest BCUT2D eigenvalue weighted by atomic mass is 16.6. The fourth-order valence-corrected chi connectivity index (χ4v) is 7.50. The first-order valence-corrected chi connectivity index (χ1v) is 16.1. The lowest BCUT2D eigenvalue weighted by molar-refractivity contribution is -0.142. The van der Waals surface area contributed by atoms with E-state index in [4.69, 9.17) is 9.47 Å². The van der Waals surface area contributed by atoms with Crippen LogP contribution < -0.4 is 10.6 Å². The molecule has 1 spiro atoms. The summed E-state index contributed by atoms with van der Waals surface area (Å²) in [7, 11) is 0. The van der Waals surface area contributed by atoms with E-state index in [-0.39, 0.29) is 12.3 Å². The molecule has 3 amide bonds. The highest BCUT2D eigenvalue weighted by Gasteiger charge is 2.45. The number of nitrogens with one attached hydrogen (secondary N) is 3. The van der Waals surface area contributed by atoms with Crippen molar-refractivity contribution in [3.8, 4) is 0 Å². The molecule has 0 unspecified atom stereocenters. The maximum atomic E-state index is 14.0. The number of benzene rings is 2. The van der Waals surface area contributed by atoms with Crippen molar-refractivity contribution in [2.45, 2.75) is 56.8 Å². The quantitative estimate of drug-likeness (QED) is 0.398. The number of amides is 3. The number of hydrogen-bond acceptors (Lipinski definition) is 8. The number of fused-ring (bicyclic) bond motifs is 3. The molecule has 0 aliphatic carbocycles. The van der Waals surface area contributed by atoms with Crippen molar-refractivity contribution in [1.82, 2.24) is 30.2 Å². The maximum Gasteiger partial charge on any atom is 0.412 e. The van der Waals surface area contributed by atoms with Gasteiger partial charge in [-0.15, -0.1) is 0 Å². The van der Waals surface area contributed by atoms with Gasteiger partial charge in [-0.2, -0.15) is 5.10 Å². The van der Waals surface area contributed by atoms with Crippen LogP contribution in [0.5, 0.6) is 0 Å². The number of piperidine rings is 2. The minimum atomic E-state index is -0.953. The lowest BCUT2D eigenvalue weighted by Gasteiger charge is -2.44. The van der Waals surface area contributed by atoms with Crippen molar-refractivity contribution in [2.75, 3.05) is 57.7 Å². The van der Waals surface area contributed by atoms with Gasteiger partial charge in [-0.3, -0.25) is 20.1 Å². The average Bonchev–Trinajstić information content (AvgIpc) is 3.54. The molecule has 5 heterocycles. The molecule has 4 aliphatic heterocycles. The summed E-state index contributed by atoms with van der Waals surface area (Å²) in [5.41, 5.74) is 3.75. The van der Waals surface area contributed by atoms with Gasteiger partial charge in [-0.25, -0.2) is 9.59 Å². The topological polar surface area (TPSA) is 132 Å². The minimum Gasteiger partial charge on any atom is -0.438 e. The van der Waals surface area contributed by atoms with Gasteiger partial charge in [0.1, 0.15) is 5.60 Å². The molecular weight excluding hydrogens is 574 g/mol. The third-order valence-corrected chi connectivity index (χ3v) is 9.96. The molecule has 3 aromatic rings. The molecule has 0 saturated carbocycles. The Morgan fingerprint density at radius 2 is 1.80 bits per heavy atom. The van der Waals surface area contributed by atoms with Crippen LogP contribution in [0.25, 0.3) is 10.9 Å². The summed E-state index contributed by atoms with van der Waals surface area (Å²) in [6.07, 6.45) is 2.80. The first-order chi connectivity index (χ1) is 21.9. The second-order valence-corrected chi connectivity index (χ2v) is 12.7. The van der Waals surface area contributed by atoms with Crippen LogP contribution in [-0.2, 0) is 26.3 Å². The number of para-hydroxylation sites is 1. The van der Waals surface area contributed by atoms with Gasteiger partial charge in [0.05, 0.1) is 17.4 Å². The first-order valence-electron chi connectivity index (χ1n) is 16.1. The fourth-order valence-electron chi connectivity index (χ4n) is 7.50. The largest absolute Gasteiger partial charge is 0.438 e. The number of anilines is 1. The van der Waals surface area contributed by atoms with E-state index in [1.165, 1.54) is 0 Å². The number of carbonyl (C=O) groups is 3. The van der Waals surface area contributed by atoms with Gasteiger partial charge in [0.15, 0.2) is 6.10 Å². The van der Waals surface area contributed by atoms with Gasteiger partial charge in [-0.05, 0) is 43.0 Å². The molecule has 3 fully saturated rings. The standard InChI is InChI=1S/C33H41N7O5/c1-22-18-23(19-24-21-35-37-29(22)24)20-28(30(41)39-12-6-25(7-13-39)38-16-10-34-11-17-38)44-32(43)40-14-8-33(9-15-40)26-4-2-3-5-27(26)36-31(42)45-33/h2-5,18-19,21,25,28,34H,6-17,20H2,1H3,(H,35,37)(H,36,42)/t28-/m1/s1. The summed E-state index contributed by atoms with van der Waals surface area (Å²) in [5.74, 6) is -0.151. The highest BCUT2D eigenvalue weighted by molar-refractivity contribution is 5.89. The Labute approximate surface area is 262 Å². The summed E-state index contributed by atoms with van der Waals surface area (Å²) >= 11 is 0. The summed E-state index contributed by atoms with van der Waals surface area (Å²) in [6.45, 7) is 8.05. The summed E-state index contributed by atoms with van der Waals surface area (Å²) in [6, 6.07) is 12.1. The summed E-state index contributed by atoms with van der Waals surface area (Å²) < 4.78 is 11.9. The number of aromatic nitrogens is 2. The van der Waals surface area contributed by atoms with E-state index in [0.29, 0.717) is 45.1 Å². The smallest absolute Gasteiger partial charge is 0.412 e. The Hall–Kier alpha value is -4.16. The molecule has 0 bridgehead atoms. The van der Waals surface area contributed by atoms with Gasteiger partial charge in [0.25, 0.3) is 5.91 Å². The van der Waals surface area contributed by atoms with Gasteiger partial charge in [-0.1, -0.05) is 24.3 Å². The van der Waals surface area contributed by atoms with Gasteiger partial charge in [0, 0.05) is 88.6 Å². The van der Waals surface area contributed by atoms with Crippen LogP contribution in [-0.4, -0.2) is 107 Å². The van der Waals surface area contributed by atoms with Gasteiger partial charge >= 0.3 is 12.2 Å². The number of H-pyrrole nitrogens is 1. The number of rotatable bonds is 5. The van der Waals surface area contributed by atoms with E-state index < -0.39 is 23.9 Å². The van der Waals surface area contributed by atoms with Crippen LogP contribution >= 0.6 is 0 Å². The number of piperazine rings is 1. The Morgan fingerprint density at radius 1 is 1.04 bits per heavy atom. The fraction of sp³-hybridized carbons (Fsp3) is 0.515. The van der Waals surface area contributed by atoms with Crippen molar-refractivity contribution in [3.05, 3.63) is 59.3 Å². The van der Waals surface area contributed by atoms with Crippen LogP contribution in [0.2, 0.25) is 0 Å². The van der Waals surface area contributed by atoms with Crippen molar-refractivity contribution >= 4 is 34.7 Å². The number of hydrogen-bond donors (Lipinski definition) is 3. The number of carbonyl (C=O) groups excluding carboxylic acids is 3. The highest BCUT2D eigenvalue weighted by Crippen LogP contribution is 2.43. The number of aromatic amines is 1. The summed E-state index contributed by atoms with van der Waals surface area (Å²) in [5, 5.41) is 14.3. The summed E-state index contributed by atoms with van der Waals surface area (Å²) in [4.78, 5) is 46.1. The second kappa shape index (κ2) is 12.3. The third kappa shape index (κ3) is 5.96. The molecule has 45 heavy (non-hydrogen) atoms. The number of aryl methyl sites for hydroxylation is 1. The van der Waals surface area contributed by atoms with E-state index in [1.54, 1.807) is 11.1 Å². The lowest BCUT2D eigenvalue weighted by Crippen LogP contribution is -2.54. The van der Waals surface area contributed by atoms with Gasteiger partial charge in [0.2, 0.25) is 0 Å². The normalized spacial score (nSPS) is 21.2. The van der Waals surface area contributed by atoms with Crippen molar-refractivity contribution < 1.29 is 23.9 Å². The Kier molecular flexibility index (Phi) is 8.09. The van der Waals surface area contributed by atoms with Crippen LogP contribution in [0.15, 0.2) is 42.6 Å². The maximum absolute atomic E-state index is 14.0. The Bertz CT molecular complexity index is 1570. The van der Waals surface area contributed by atoms with E-state index >= 15 is 0 Å². The van der Waals surface area contributed by atoms with Gasteiger partial charge < -0.3 is 24.6 Å². The molecule has 4 aliphatic rings. The number of likely N-dealkylation sites (tertiary alicyclic amines) is 2. The molecule has 1 atom stereocenters. The van der Waals surface area contributed by atoms with Crippen molar-refractivity contribution in [3.63, 3.8) is 0 Å². The predicted molar refractivity (Wildman–Crippen MR) is 168 cm³/mol. The number of nitrogens with zero attached hydrogens (tertiary/aromatic N) is 4. The molecule has 3 saturated heterocycles. The number of ether oxygens (including phenoxy) is 2. The van der Waals surface area contributed by atoms with Crippen LogP contribution in [0.4, 0.5) is 15.3 Å². The molecule has 3 N–H and O–H groups in total. The molecule has 238 valence electrons. The van der Waals surface area contributed by atoms with Crippen LogP contribution in [0.3, 0.4) is 0 Å². The predicted octanol–water partition coefficient (Wildman–Crippen LogP) is 3.37. The molecular formula is C33H41N7O5. The van der Waals surface area contributed by atoms with Crippen molar-refractivity contribution in [1.29, 1.82) is 0 Å². The first kappa shape index (κ1) is 29.5. The Balaban J connectivity index is 1.05. The molecule has 2 aromatic carbocycles. The van der Waals surface area contributed by atoms with E-state index in [2.05, 4.69) is 25.7 Å². The molecule has 12 nitrogen and oxygen atoms in total. The SMILES string of the molecule is Cc1cc(C[C@@H](OC(=O)N2CCC3(CC2)OC(=O)Nc2ccccc23)C(=O)N2CCC(N3CCNCC3)CC2)cc2cn[nH]c12. The molecule has 1 aromatic heterocycles.